The summed E-state index contributed by atoms with van der Waals surface area (Å²) in [5, 5.41) is 2.74. The molecule has 114 valence electrons. The van der Waals surface area contributed by atoms with Crippen molar-refractivity contribution >= 4 is 29.3 Å². The highest BCUT2D eigenvalue weighted by molar-refractivity contribution is 6.30. The molecule has 0 saturated carbocycles. The summed E-state index contributed by atoms with van der Waals surface area (Å²) in [6.07, 6.45) is 1.70. The Bertz CT molecular complexity index is 534. The molecule has 3 amide bonds. The van der Waals surface area contributed by atoms with Crippen LogP contribution in [0.1, 0.15) is 30.8 Å². The Morgan fingerprint density at radius 2 is 1.90 bits per heavy atom. The molecule has 0 atom stereocenters. The first-order chi connectivity index (χ1) is 9.88. The minimum atomic E-state index is -0.539. The normalized spacial score (nSPS) is 10.1. The van der Waals surface area contributed by atoms with Crippen molar-refractivity contribution in [2.75, 3.05) is 6.54 Å². The third-order valence-corrected chi connectivity index (χ3v) is 2.53. The van der Waals surface area contributed by atoms with E-state index in [0.29, 0.717) is 11.4 Å². The molecule has 3 N–H and O–H groups in total. The molecule has 0 aliphatic heterocycles. The topological polar surface area (TPSA) is 100 Å². The number of carbonyl (C=O) groups excluding carboxylic acids is 3. The summed E-state index contributed by atoms with van der Waals surface area (Å²) >= 11 is 5.73. The number of pyridine rings is 1. The first kappa shape index (κ1) is 16.9. The quantitative estimate of drug-likeness (QED) is 0.695. The van der Waals surface area contributed by atoms with Gasteiger partial charge in [0.05, 0.1) is 6.54 Å². The predicted molar refractivity (Wildman–Crippen MR) is 77.3 cm³/mol. The number of hydrogen-bond donors (Lipinski definition) is 3. The lowest BCUT2D eigenvalue weighted by atomic mass is 10.1. The van der Waals surface area contributed by atoms with Gasteiger partial charge in [0.2, 0.25) is 5.91 Å². The summed E-state index contributed by atoms with van der Waals surface area (Å²) in [5.41, 5.74) is 4.58. The molecule has 0 unspecified atom stereocenters. The molecular weight excluding hydrogens is 296 g/mol. The largest absolute Gasteiger partial charge is 0.342 e. The fourth-order valence-corrected chi connectivity index (χ4v) is 1.55. The lowest BCUT2D eigenvalue weighted by Crippen LogP contribution is -2.46. The van der Waals surface area contributed by atoms with E-state index in [9.17, 15) is 14.4 Å². The summed E-state index contributed by atoms with van der Waals surface area (Å²) in [6, 6.07) is 2.93. The van der Waals surface area contributed by atoms with Crippen molar-refractivity contribution in [1.82, 2.24) is 21.2 Å². The van der Waals surface area contributed by atoms with Crippen molar-refractivity contribution < 1.29 is 14.4 Å². The van der Waals surface area contributed by atoms with Gasteiger partial charge in [-0.25, -0.2) is 0 Å². The van der Waals surface area contributed by atoms with Gasteiger partial charge in [0.1, 0.15) is 5.69 Å². The molecule has 21 heavy (non-hydrogen) atoms. The van der Waals surface area contributed by atoms with Crippen LogP contribution < -0.4 is 16.2 Å². The number of hydrogen-bond acceptors (Lipinski definition) is 4. The zero-order chi connectivity index (χ0) is 15.8. The maximum absolute atomic E-state index is 11.7. The maximum atomic E-state index is 11.7. The Morgan fingerprint density at radius 1 is 1.24 bits per heavy atom. The smallest absolute Gasteiger partial charge is 0.270 e. The Hall–Kier alpha value is -2.15. The minimum absolute atomic E-state index is 0.110. The van der Waals surface area contributed by atoms with E-state index in [1.54, 1.807) is 0 Å². The number of halogens is 1. The van der Waals surface area contributed by atoms with Crippen molar-refractivity contribution in [3.05, 3.63) is 29.0 Å². The number of carbonyl (C=O) groups is 3. The molecule has 0 saturated heterocycles. The van der Waals surface area contributed by atoms with Gasteiger partial charge >= 0.3 is 0 Å². The van der Waals surface area contributed by atoms with E-state index in [4.69, 9.17) is 11.6 Å². The van der Waals surface area contributed by atoms with Gasteiger partial charge in [-0.2, -0.15) is 0 Å². The van der Waals surface area contributed by atoms with Crippen LogP contribution in [0.4, 0.5) is 0 Å². The molecule has 0 fully saturated rings. The summed E-state index contributed by atoms with van der Waals surface area (Å²) in [7, 11) is 0. The van der Waals surface area contributed by atoms with Gasteiger partial charge in [0.25, 0.3) is 11.8 Å². The van der Waals surface area contributed by atoms with Crippen LogP contribution in [0.5, 0.6) is 0 Å². The third kappa shape index (κ3) is 6.71. The van der Waals surface area contributed by atoms with Gasteiger partial charge in [-0.05, 0) is 18.1 Å². The van der Waals surface area contributed by atoms with Gasteiger partial charge in [0, 0.05) is 17.6 Å². The zero-order valence-corrected chi connectivity index (χ0v) is 12.5. The van der Waals surface area contributed by atoms with Gasteiger partial charge < -0.3 is 5.32 Å². The van der Waals surface area contributed by atoms with E-state index in [-0.39, 0.29) is 24.1 Å². The fraction of sp³-hybridized carbons (Fsp3) is 0.385. The van der Waals surface area contributed by atoms with Crippen LogP contribution in [0.2, 0.25) is 5.02 Å². The second-order valence-electron chi connectivity index (χ2n) is 4.74. The second-order valence-corrected chi connectivity index (χ2v) is 5.17. The number of nitrogens with one attached hydrogen (secondary N) is 3. The summed E-state index contributed by atoms with van der Waals surface area (Å²) in [5.74, 6) is -1.17. The van der Waals surface area contributed by atoms with Gasteiger partial charge in [0.15, 0.2) is 0 Å². The van der Waals surface area contributed by atoms with E-state index < -0.39 is 11.8 Å². The van der Waals surface area contributed by atoms with Crippen molar-refractivity contribution in [3.8, 4) is 0 Å². The van der Waals surface area contributed by atoms with Crippen molar-refractivity contribution in [2.24, 2.45) is 5.92 Å². The predicted octanol–water partition coefficient (Wildman–Crippen LogP) is 0.658. The molecule has 0 aliphatic carbocycles. The van der Waals surface area contributed by atoms with Crippen LogP contribution in [0, 0.1) is 5.92 Å². The average Bonchev–Trinajstić information content (AvgIpc) is 2.41. The Kier molecular flexibility index (Phi) is 6.61. The monoisotopic (exact) mass is 312 g/mol. The number of hydrazine groups is 1. The molecule has 0 radical (unpaired) electrons. The molecule has 0 aromatic carbocycles. The standard InChI is InChI=1S/C13H17ClN4O3/c1-8(2)5-11(19)17-18-12(20)7-16-13(21)10-6-9(14)3-4-15-10/h3-4,6,8H,5,7H2,1-2H3,(H,16,21)(H,17,19)(H,18,20). The summed E-state index contributed by atoms with van der Waals surface area (Å²) in [6.45, 7) is 3.49. The van der Waals surface area contributed by atoms with E-state index in [1.165, 1.54) is 18.3 Å². The molecule has 1 aromatic heterocycles. The highest BCUT2D eigenvalue weighted by Gasteiger charge is 2.10. The zero-order valence-electron chi connectivity index (χ0n) is 11.8. The average molecular weight is 313 g/mol. The molecule has 1 heterocycles. The molecule has 1 rings (SSSR count). The highest BCUT2D eigenvalue weighted by atomic mass is 35.5. The molecule has 0 spiro atoms. The lowest BCUT2D eigenvalue weighted by Gasteiger charge is -2.09. The van der Waals surface area contributed by atoms with Crippen LogP contribution in [0.3, 0.4) is 0 Å². The minimum Gasteiger partial charge on any atom is -0.342 e. The van der Waals surface area contributed by atoms with E-state index in [1.807, 2.05) is 13.8 Å². The summed E-state index contributed by atoms with van der Waals surface area (Å²) in [4.78, 5) is 38.3. The van der Waals surface area contributed by atoms with Crippen molar-refractivity contribution in [3.63, 3.8) is 0 Å². The molecule has 0 bridgehead atoms. The van der Waals surface area contributed by atoms with Crippen molar-refractivity contribution in [2.45, 2.75) is 20.3 Å². The van der Waals surface area contributed by atoms with Gasteiger partial charge in [-0.15, -0.1) is 0 Å². The van der Waals surface area contributed by atoms with Gasteiger partial charge in [-0.3, -0.25) is 30.2 Å². The van der Waals surface area contributed by atoms with Crippen LogP contribution >= 0.6 is 11.6 Å². The fourth-order valence-electron chi connectivity index (χ4n) is 1.39. The maximum Gasteiger partial charge on any atom is 0.270 e. The van der Waals surface area contributed by atoms with E-state index in [0.717, 1.165) is 0 Å². The van der Waals surface area contributed by atoms with Gasteiger partial charge in [-0.1, -0.05) is 25.4 Å². The first-order valence-electron chi connectivity index (χ1n) is 6.36. The number of aromatic nitrogens is 1. The highest BCUT2D eigenvalue weighted by Crippen LogP contribution is 2.07. The SMILES string of the molecule is CC(C)CC(=O)NNC(=O)CNC(=O)c1cc(Cl)ccn1. The van der Waals surface area contributed by atoms with E-state index in [2.05, 4.69) is 21.2 Å². The molecular formula is C13H17ClN4O3. The summed E-state index contributed by atoms with van der Waals surface area (Å²) < 4.78 is 0. The number of rotatable bonds is 5. The number of amides is 3. The Morgan fingerprint density at radius 3 is 2.52 bits per heavy atom. The lowest BCUT2D eigenvalue weighted by molar-refractivity contribution is -0.128. The Balaban J connectivity index is 2.33. The first-order valence-corrected chi connectivity index (χ1v) is 6.73. The third-order valence-electron chi connectivity index (χ3n) is 2.30. The van der Waals surface area contributed by atoms with Crippen LogP contribution in [0.25, 0.3) is 0 Å². The molecule has 0 aliphatic rings. The van der Waals surface area contributed by atoms with Crippen molar-refractivity contribution in [1.29, 1.82) is 0 Å². The Labute approximate surface area is 127 Å². The number of nitrogens with zero attached hydrogens (tertiary/aromatic N) is 1. The van der Waals surface area contributed by atoms with Crippen LogP contribution in [-0.2, 0) is 9.59 Å². The molecule has 1 aromatic rings. The molecule has 7 nitrogen and oxygen atoms in total. The second kappa shape index (κ2) is 8.21. The van der Waals surface area contributed by atoms with Crippen LogP contribution in [0.15, 0.2) is 18.3 Å². The molecule has 8 heteroatoms. The van der Waals surface area contributed by atoms with E-state index >= 15 is 0 Å². The van der Waals surface area contributed by atoms with Crippen LogP contribution in [-0.4, -0.2) is 29.3 Å².